The zero-order chi connectivity index (χ0) is 15.1. The van der Waals surface area contributed by atoms with Crippen molar-refractivity contribution in [2.24, 2.45) is 5.92 Å². The standard InChI is InChI=1S/C15H19N7/c1-9-2-4-10(5-3-9)22-8-17-12-13(16)19-14(20-15(12)22)11-6-7-18-21-11/h6-10H,2-5H2,1H3,(H,18,21)(H2,16,19,20). The molecule has 0 amide bonds. The third-order valence-corrected chi connectivity index (χ3v) is 4.56. The van der Waals surface area contributed by atoms with Crippen LogP contribution < -0.4 is 5.73 Å². The predicted molar refractivity (Wildman–Crippen MR) is 84.0 cm³/mol. The highest BCUT2D eigenvalue weighted by Gasteiger charge is 2.23. The van der Waals surface area contributed by atoms with Gasteiger partial charge in [0.2, 0.25) is 0 Å². The van der Waals surface area contributed by atoms with Crippen molar-refractivity contribution in [3.05, 3.63) is 18.6 Å². The van der Waals surface area contributed by atoms with Crippen LogP contribution >= 0.6 is 0 Å². The van der Waals surface area contributed by atoms with Crippen LogP contribution in [0.3, 0.4) is 0 Å². The number of imidazole rings is 1. The molecule has 1 aliphatic rings. The minimum Gasteiger partial charge on any atom is -0.382 e. The molecule has 0 aliphatic heterocycles. The number of nitrogens with one attached hydrogen (secondary N) is 1. The molecule has 7 nitrogen and oxygen atoms in total. The first-order chi connectivity index (χ1) is 10.7. The van der Waals surface area contributed by atoms with E-state index in [1.165, 1.54) is 12.8 Å². The summed E-state index contributed by atoms with van der Waals surface area (Å²) in [4.78, 5) is 13.4. The summed E-state index contributed by atoms with van der Waals surface area (Å²) in [6, 6.07) is 2.28. The number of fused-ring (bicyclic) bond motifs is 1. The Morgan fingerprint density at radius 2 is 2.05 bits per heavy atom. The minimum absolute atomic E-state index is 0.408. The van der Waals surface area contributed by atoms with Crippen LogP contribution in [-0.2, 0) is 0 Å². The summed E-state index contributed by atoms with van der Waals surface area (Å²) in [5.74, 6) is 1.76. The molecule has 1 saturated carbocycles. The van der Waals surface area contributed by atoms with Crippen molar-refractivity contribution in [2.75, 3.05) is 5.73 Å². The summed E-state index contributed by atoms with van der Waals surface area (Å²) in [6.45, 7) is 2.32. The molecule has 3 heterocycles. The maximum absolute atomic E-state index is 6.06. The first-order valence-corrected chi connectivity index (χ1v) is 7.72. The van der Waals surface area contributed by atoms with Gasteiger partial charge in [-0.2, -0.15) is 5.10 Å². The van der Waals surface area contributed by atoms with Gasteiger partial charge in [-0.1, -0.05) is 6.92 Å². The van der Waals surface area contributed by atoms with Crippen LogP contribution in [0, 0.1) is 5.92 Å². The molecule has 0 unspecified atom stereocenters. The number of H-pyrrole nitrogens is 1. The summed E-state index contributed by atoms with van der Waals surface area (Å²) >= 11 is 0. The Morgan fingerprint density at radius 1 is 1.23 bits per heavy atom. The SMILES string of the molecule is CC1CCC(n2cnc3c(N)nc(-c4cc[nH]n4)nc32)CC1. The van der Waals surface area contributed by atoms with Crippen LogP contribution in [-0.4, -0.2) is 29.7 Å². The van der Waals surface area contributed by atoms with Gasteiger partial charge in [0.1, 0.15) is 11.2 Å². The molecule has 0 aromatic carbocycles. The molecular formula is C15H19N7. The fraction of sp³-hybridized carbons (Fsp3) is 0.467. The molecule has 22 heavy (non-hydrogen) atoms. The summed E-state index contributed by atoms with van der Waals surface area (Å²) in [7, 11) is 0. The lowest BCUT2D eigenvalue weighted by Gasteiger charge is -2.27. The van der Waals surface area contributed by atoms with Gasteiger partial charge in [0.15, 0.2) is 17.3 Å². The highest BCUT2D eigenvalue weighted by atomic mass is 15.2. The smallest absolute Gasteiger partial charge is 0.184 e. The van der Waals surface area contributed by atoms with Gasteiger partial charge in [0.25, 0.3) is 0 Å². The van der Waals surface area contributed by atoms with Gasteiger partial charge in [-0.05, 0) is 37.7 Å². The van der Waals surface area contributed by atoms with Gasteiger partial charge < -0.3 is 10.3 Å². The van der Waals surface area contributed by atoms with Crippen molar-refractivity contribution in [1.82, 2.24) is 29.7 Å². The van der Waals surface area contributed by atoms with Crippen molar-refractivity contribution in [3.8, 4) is 11.5 Å². The highest BCUT2D eigenvalue weighted by molar-refractivity contribution is 5.83. The van der Waals surface area contributed by atoms with Crippen LogP contribution in [0.5, 0.6) is 0 Å². The molecule has 0 saturated heterocycles. The van der Waals surface area contributed by atoms with Crippen molar-refractivity contribution >= 4 is 17.0 Å². The summed E-state index contributed by atoms with van der Waals surface area (Å²) in [5.41, 5.74) is 8.25. The molecule has 4 rings (SSSR count). The first-order valence-electron chi connectivity index (χ1n) is 7.72. The molecule has 3 N–H and O–H groups in total. The Kier molecular flexibility index (Phi) is 3.06. The Balaban J connectivity index is 1.80. The van der Waals surface area contributed by atoms with Crippen molar-refractivity contribution in [3.63, 3.8) is 0 Å². The molecule has 0 radical (unpaired) electrons. The quantitative estimate of drug-likeness (QED) is 0.757. The average Bonchev–Trinajstić information content (AvgIpc) is 3.17. The van der Waals surface area contributed by atoms with Crippen molar-refractivity contribution in [1.29, 1.82) is 0 Å². The molecule has 1 aliphatic carbocycles. The molecule has 0 spiro atoms. The number of hydrogen-bond donors (Lipinski definition) is 2. The second-order valence-corrected chi connectivity index (χ2v) is 6.13. The van der Waals surface area contributed by atoms with Crippen molar-refractivity contribution < 1.29 is 0 Å². The molecular weight excluding hydrogens is 278 g/mol. The molecule has 0 bridgehead atoms. The Hall–Kier alpha value is -2.44. The molecule has 3 aromatic heterocycles. The van der Waals surface area contributed by atoms with Crippen LogP contribution in [0.15, 0.2) is 18.6 Å². The molecule has 3 aromatic rings. The van der Waals surface area contributed by atoms with Gasteiger partial charge in [-0.3, -0.25) is 5.10 Å². The zero-order valence-corrected chi connectivity index (χ0v) is 12.5. The van der Waals surface area contributed by atoms with E-state index in [2.05, 4.69) is 36.6 Å². The second kappa shape index (κ2) is 5.08. The number of aromatic nitrogens is 6. The van der Waals surface area contributed by atoms with E-state index in [-0.39, 0.29) is 0 Å². The predicted octanol–water partition coefficient (Wildman–Crippen LogP) is 2.55. The third kappa shape index (κ3) is 2.13. The van der Waals surface area contributed by atoms with E-state index < -0.39 is 0 Å². The van der Waals surface area contributed by atoms with Crippen LogP contribution in [0.25, 0.3) is 22.7 Å². The minimum atomic E-state index is 0.408. The van der Waals surface area contributed by atoms with E-state index in [4.69, 9.17) is 5.73 Å². The number of rotatable bonds is 2. The lowest BCUT2D eigenvalue weighted by Crippen LogP contribution is -2.16. The van der Waals surface area contributed by atoms with Crippen molar-refractivity contribution in [2.45, 2.75) is 38.6 Å². The summed E-state index contributed by atoms with van der Waals surface area (Å²) < 4.78 is 2.16. The van der Waals surface area contributed by atoms with Gasteiger partial charge in [-0.15, -0.1) is 0 Å². The summed E-state index contributed by atoms with van der Waals surface area (Å²) in [5, 5.41) is 6.91. The van der Waals surface area contributed by atoms with Crippen LogP contribution in [0.1, 0.15) is 38.6 Å². The number of nitrogen functional groups attached to an aromatic ring is 1. The van der Waals surface area contributed by atoms with E-state index in [1.54, 1.807) is 6.20 Å². The maximum atomic E-state index is 6.06. The molecule has 0 atom stereocenters. The fourth-order valence-electron chi connectivity index (χ4n) is 3.23. The van der Waals surface area contributed by atoms with Gasteiger partial charge >= 0.3 is 0 Å². The maximum Gasteiger partial charge on any atom is 0.184 e. The number of nitrogens with zero attached hydrogens (tertiary/aromatic N) is 5. The third-order valence-electron chi connectivity index (χ3n) is 4.56. The van der Waals surface area contributed by atoms with Gasteiger partial charge in [0.05, 0.1) is 6.33 Å². The zero-order valence-electron chi connectivity index (χ0n) is 12.5. The van der Waals surface area contributed by atoms with Crippen LogP contribution in [0.4, 0.5) is 5.82 Å². The van der Waals surface area contributed by atoms with E-state index in [0.717, 1.165) is 24.4 Å². The van der Waals surface area contributed by atoms with E-state index in [1.807, 2.05) is 12.4 Å². The fourth-order valence-corrected chi connectivity index (χ4v) is 3.23. The van der Waals surface area contributed by atoms with E-state index in [9.17, 15) is 0 Å². The number of anilines is 1. The van der Waals surface area contributed by atoms with E-state index in [0.29, 0.717) is 28.9 Å². The average molecular weight is 297 g/mol. The Bertz CT molecular complexity index is 782. The normalized spacial score (nSPS) is 22.2. The lowest BCUT2D eigenvalue weighted by atomic mass is 9.87. The lowest BCUT2D eigenvalue weighted by molar-refractivity contribution is 0.293. The summed E-state index contributed by atoms with van der Waals surface area (Å²) in [6.07, 6.45) is 8.42. The highest BCUT2D eigenvalue weighted by Crippen LogP contribution is 2.34. The van der Waals surface area contributed by atoms with E-state index >= 15 is 0 Å². The number of nitrogens with two attached hydrogens (primary N) is 1. The monoisotopic (exact) mass is 297 g/mol. The Morgan fingerprint density at radius 3 is 2.77 bits per heavy atom. The van der Waals surface area contributed by atoms with Gasteiger partial charge in [-0.25, -0.2) is 15.0 Å². The van der Waals surface area contributed by atoms with Crippen LogP contribution in [0.2, 0.25) is 0 Å². The molecule has 114 valence electrons. The largest absolute Gasteiger partial charge is 0.382 e. The molecule has 7 heteroatoms. The van der Waals surface area contributed by atoms with Gasteiger partial charge in [0, 0.05) is 12.2 Å². The second-order valence-electron chi connectivity index (χ2n) is 6.13. The number of hydrogen-bond acceptors (Lipinski definition) is 5. The molecule has 1 fully saturated rings. The number of aromatic amines is 1. The first kappa shape index (κ1) is 13.2. The Labute approximate surface area is 128 Å². The topological polar surface area (TPSA) is 98.3 Å².